The highest BCUT2D eigenvalue weighted by Crippen LogP contribution is 2.27. The van der Waals surface area contributed by atoms with Gasteiger partial charge in [0.2, 0.25) is 5.91 Å². The third-order valence-electron chi connectivity index (χ3n) is 6.08. The molecule has 0 spiro atoms. The number of rotatable bonds is 7. The van der Waals surface area contributed by atoms with E-state index in [-0.39, 0.29) is 29.0 Å². The monoisotopic (exact) mass is 547 g/mol. The van der Waals surface area contributed by atoms with Crippen molar-refractivity contribution in [2.45, 2.75) is 13.5 Å². The summed E-state index contributed by atoms with van der Waals surface area (Å²) in [7, 11) is 0. The van der Waals surface area contributed by atoms with Crippen molar-refractivity contribution >= 4 is 46.7 Å². The topological polar surface area (TPSA) is 114 Å². The van der Waals surface area contributed by atoms with E-state index in [1.54, 1.807) is 72.2 Å². The lowest BCUT2D eigenvalue weighted by atomic mass is 10.0. The molecule has 1 N–H and O–H groups in total. The Morgan fingerprint density at radius 3 is 2.21 bits per heavy atom. The van der Waals surface area contributed by atoms with Crippen LogP contribution in [-0.4, -0.2) is 49.7 Å². The molecule has 0 bridgehead atoms. The summed E-state index contributed by atoms with van der Waals surface area (Å²) in [5.41, 5.74) is 1.55. The van der Waals surface area contributed by atoms with Gasteiger partial charge in [-0.25, -0.2) is 0 Å². The lowest BCUT2D eigenvalue weighted by Gasteiger charge is -2.16. The zero-order chi connectivity index (χ0) is 27.0. The fourth-order valence-corrected chi connectivity index (χ4v) is 4.66. The van der Waals surface area contributed by atoms with Crippen molar-refractivity contribution in [1.29, 1.82) is 0 Å². The Hall–Kier alpha value is -4.34. The fraction of sp³-hybridized carbons (Fsp3) is 0.111. The maximum absolute atomic E-state index is 13.4. The van der Waals surface area contributed by atoms with E-state index < -0.39 is 24.3 Å². The molecule has 0 unspecified atom stereocenters. The number of hydrogen-bond donors (Lipinski definition) is 1. The van der Waals surface area contributed by atoms with Crippen LogP contribution in [0.3, 0.4) is 0 Å². The molecule has 0 saturated carbocycles. The van der Waals surface area contributed by atoms with E-state index in [1.165, 1.54) is 6.07 Å². The van der Waals surface area contributed by atoms with Crippen molar-refractivity contribution in [3.63, 3.8) is 0 Å². The van der Waals surface area contributed by atoms with E-state index in [1.807, 2.05) is 0 Å². The standard InChI is InChI=1S/C27H19Cl2N5O4/c1-15-31-32-23(13-30-24(35)14-33-26(37)17-6-2-3-7-18(17)27(33)38)34(15)22-11-10-16(28)12-20(22)25(36)19-8-4-5-9-21(19)29/h2-12H,13-14H2,1H3,(H,30,35). The smallest absolute Gasteiger partial charge is 0.262 e. The van der Waals surface area contributed by atoms with E-state index in [9.17, 15) is 19.2 Å². The molecule has 4 aromatic rings. The highest BCUT2D eigenvalue weighted by molar-refractivity contribution is 6.35. The van der Waals surface area contributed by atoms with Crippen LogP contribution in [0.15, 0.2) is 66.7 Å². The Labute approximate surface area is 227 Å². The van der Waals surface area contributed by atoms with Gasteiger partial charge in [-0.1, -0.05) is 47.5 Å². The Morgan fingerprint density at radius 2 is 1.53 bits per heavy atom. The maximum Gasteiger partial charge on any atom is 0.262 e. The van der Waals surface area contributed by atoms with Crippen molar-refractivity contribution in [1.82, 2.24) is 25.0 Å². The lowest BCUT2D eigenvalue weighted by Crippen LogP contribution is -2.40. The average Bonchev–Trinajstić information content (AvgIpc) is 3.39. The van der Waals surface area contributed by atoms with Crippen LogP contribution in [0.2, 0.25) is 10.0 Å². The Morgan fingerprint density at radius 1 is 0.868 bits per heavy atom. The number of amides is 3. The molecular weight excluding hydrogens is 529 g/mol. The Balaban J connectivity index is 1.38. The summed E-state index contributed by atoms with van der Waals surface area (Å²) < 4.78 is 1.63. The number of halogens is 2. The molecule has 1 aliphatic rings. The molecule has 3 amide bonds. The minimum atomic E-state index is -0.560. The molecule has 9 nitrogen and oxygen atoms in total. The summed E-state index contributed by atoms with van der Waals surface area (Å²) >= 11 is 12.5. The first kappa shape index (κ1) is 25.3. The van der Waals surface area contributed by atoms with Crippen LogP contribution in [0.1, 0.15) is 48.3 Å². The molecule has 2 heterocycles. The van der Waals surface area contributed by atoms with Crippen molar-refractivity contribution in [2.75, 3.05) is 6.54 Å². The van der Waals surface area contributed by atoms with E-state index in [0.717, 1.165) is 4.90 Å². The van der Waals surface area contributed by atoms with Crippen LogP contribution in [-0.2, 0) is 11.3 Å². The van der Waals surface area contributed by atoms with Gasteiger partial charge in [0.25, 0.3) is 11.8 Å². The van der Waals surface area contributed by atoms with Crippen LogP contribution in [0.5, 0.6) is 0 Å². The van der Waals surface area contributed by atoms with Crippen LogP contribution >= 0.6 is 23.2 Å². The highest BCUT2D eigenvalue weighted by atomic mass is 35.5. The molecule has 3 aromatic carbocycles. The van der Waals surface area contributed by atoms with E-state index in [4.69, 9.17) is 23.2 Å². The highest BCUT2D eigenvalue weighted by Gasteiger charge is 2.36. The van der Waals surface area contributed by atoms with Gasteiger partial charge in [0, 0.05) is 16.1 Å². The maximum atomic E-state index is 13.4. The van der Waals surface area contributed by atoms with Gasteiger partial charge in [-0.15, -0.1) is 10.2 Å². The molecule has 38 heavy (non-hydrogen) atoms. The number of carbonyl (C=O) groups excluding carboxylic acids is 4. The summed E-state index contributed by atoms with van der Waals surface area (Å²) in [6.45, 7) is 1.18. The Bertz CT molecular complexity index is 1600. The normalized spacial score (nSPS) is 12.6. The molecular formula is C27H19Cl2N5O4. The molecule has 0 saturated heterocycles. The van der Waals surface area contributed by atoms with Gasteiger partial charge in [0.15, 0.2) is 11.6 Å². The van der Waals surface area contributed by atoms with E-state index in [2.05, 4.69) is 15.5 Å². The molecule has 0 aliphatic carbocycles. The van der Waals surface area contributed by atoms with Gasteiger partial charge >= 0.3 is 0 Å². The molecule has 11 heteroatoms. The second kappa shape index (κ2) is 10.2. The van der Waals surface area contributed by atoms with Gasteiger partial charge in [-0.05, 0) is 49.4 Å². The number of aryl methyl sites for hydroxylation is 1. The SMILES string of the molecule is Cc1nnc(CNC(=O)CN2C(=O)c3ccccc3C2=O)n1-c1ccc(Cl)cc1C(=O)c1ccccc1Cl. The average molecular weight is 548 g/mol. The summed E-state index contributed by atoms with van der Waals surface area (Å²) in [4.78, 5) is 52.2. The van der Waals surface area contributed by atoms with Gasteiger partial charge < -0.3 is 5.32 Å². The Kier molecular flexibility index (Phi) is 6.79. The summed E-state index contributed by atoms with van der Waals surface area (Å²) in [6, 6.07) is 17.9. The molecule has 190 valence electrons. The predicted molar refractivity (Wildman–Crippen MR) is 140 cm³/mol. The lowest BCUT2D eigenvalue weighted by molar-refractivity contribution is -0.121. The molecule has 1 aromatic heterocycles. The predicted octanol–water partition coefficient (Wildman–Crippen LogP) is 4.03. The number of aromatic nitrogens is 3. The van der Waals surface area contributed by atoms with Crippen molar-refractivity contribution in [3.05, 3.63) is 111 Å². The molecule has 5 rings (SSSR count). The first-order chi connectivity index (χ1) is 18.3. The van der Waals surface area contributed by atoms with Crippen LogP contribution in [0.25, 0.3) is 5.69 Å². The molecule has 0 radical (unpaired) electrons. The van der Waals surface area contributed by atoms with Crippen molar-refractivity contribution in [2.24, 2.45) is 0 Å². The third kappa shape index (κ3) is 4.57. The summed E-state index contributed by atoms with van der Waals surface area (Å²) in [5.74, 6) is -1.16. The van der Waals surface area contributed by atoms with Gasteiger partial charge in [0.1, 0.15) is 12.4 Å². The van der Waals surface area contributed by atoms with Crippen molar-refractivity contribution < 1.29 is 19.2 Å². The summed E-state index contributed by atoms with van der Waals surface area (Å²) in [5, 5.41) is 11.6. The molecule has 0 atom stereocenters. The molecule has 1 aliphatic heterocycles. The number of carbonyl (C=O) groups is 4. The minimum Gasteiger partial charge on any atom is -0.347 e. The van der Waals surface area contributed by atoms with Crippen LogP contribution in [0, 0.1) is 6.92 Å². The third-order valence-corrected chi connectivity index (χ3v) is 6.64. The number of nitrogens with zero attached hydrogens (tertiary/aromatic N) is 4. The number of hydrogen-bond acceptors (Lipinski definition) is 6. The number of imide groups is 1. The van der Waals surface area contributed by atoms with Gasteiger partial charge in [-0.3, -0.25) is 28.6 Å². The number of ketones is 1. The molecule has 0 fully saturated rings. The first-order valence-corrected chi connectivity index (χ1v) is 12.2. The number of benzene rings is 3. The second-order valence-corrected chi connectivity index (χ2v) is 9.33. The fourth-order valence-electron chi connectivity index (χ4n) is 4.27. The van der Waals surface area contributed by atoms with E-state index >= 15 is 0 Å². The van der Waals surface area contributed by atoms with Crippen LogP contribution in [0.4, 0.5) is 0 Å². The van der Waals surface area contributed by atoms with Crippen LogP contribution < -0.4 is 5.32 Å². The second-order valence-electron chi connectivity index (χ2n) is 8.49. The van der Waals surface area contributed by atoms with Gasteiger partial charge in [0.05, 0.1) is 28.4 Å². The number of fused-ring (bicyclic) bond motifs is 1. The van der Waals surface area contributed by atoms with Crippen molar-refractivity contribution in [3.8, 4) is 5.69 Å². The minimum absolute atomic E-state index is 0.0782. The van der Waals surface area contributed by atoms with E-state index in [0.29, 0.717) is 32.9 Å². The summed E-state index contributed by atoms with van der Waals surface area (Å²) in [6.07, 6.45) is 0. The quantitative estimate of drug-likeness (QED) is 0.276. The first-order valence-electron chi connectivity index (χ1n) is 11.5. The van der Waals surface area contributed by atoms with Gasteiger partial charge in [-0.2, -0.15) is 0 Å². The zero-order valence-corrected chi connectivity index (χ0v) is 21.5. The zero-order valence-electron chi connectivity index (χ0n) is 19.9. The number of nitrogens with one attached hydrogen (secondary N) is 1. The largest absolute Gasteiger partial charge is 0.347 e.